The van der Waals surface area contributed by atoms with Crippen molar-refractivity contribution in [2.45, 2.75) is 18.8 Å². The van der Waals surface area contributed by atoms with E-state index in [4.69, 9.17) is 9.47 Å². The molecule has 1 atom stereocenters. The number of hydrogen-bond donors (Lipinski definition) is 1. The van der Waals surface area contributed by atoms with Crippen molar-refractivity contribution in [3.63, 3.8) is 0 Å². The first-order valence-electron chi connectivity index (χ1n) is 9.61. The van der Waals surface area contributed by atoms with Gasteiger partial charge < -0.3 is 18.9 Å². The molecule has 1 amide bonds. The van der Waals surface area contributed by atoms with Gasteiger partial charge in [-0.2, -0.15) is 0 Å². The summed E-state index contributed by atoms with van der Waals surface area (Å²) in [6.07, 6.45) is 1.29. The fourth-order valence-corrected chi connectivity index (χ4v) is 4.40. The summed E-state index contributed by atoms with van der Waals surface area (Å²) in [5, 5.41) is 0. The Morgan fingerprint density at radius 2 is 1.80 bits per heavy atom. The second-order valence-electron chi connectivity index (χ2n) is 7.17. The van der Waals surface area contributed by atoms with Gasteiger partial charge in [0.05, 0.1) is 25.8 Å². The van der Waals surface area contributed by atoms with Crippen molar-refractivity contribution < 1.29 is 27.2 Å². The second kappa shape index (κ2) is 9.36. The topological polar surface area (TPSA) is 108 Å². The third-order valence-corrected chi connectivity index (χ3v) is 5.85. The third-order valence-electron chi connectivity index (χ3n) is 5.40. The summed E-state index contributed by atoms with van der Waals surface area (Å²) >= 11 is 0. The molecule has 1 fully saturated rings. The molecule has 9 heteroatoms. The normalized spacial score (nSPS) is 16.0. The SMILES string of the molecule is COc1cccc(C(C(=O)NS(=O)(=O)[O-])C2CCN(c3ccccc3OC)CC2)c1. The fourth-order valence-electron chi connectivity index (χ4n) is 4.02. The second-order valence-corrected chi connectivity index (χ2v) is 8.28. The average Bonchev–Trinajstić information content (AvgIpc) is 2.73. The third kappa shape index (κ3) is 5.22. The minimum absolute atomic E-state index is 0.134. The highest BCUT2D eigenvalue weighted by molar-refractivity contribution is 7.84. The number of hydrogen-bond acceptors (Lipinski definition) is 7. The fraction of sp³-hybridized carbons (Fsp3) is 0.381. The summed E-state index contributed by atoms with van der Waals surface area (Å²) < 4.78 is 45.8. The Bertz CT molecular complexity index is 986. The van der Waals surface area contributed by atoms with Crippen molar-refractivity contribution in [1.29, 1.82) is 0 Å². The molecule has 1 heterocycles. The Hall–Kier alpha value is -2.78. The summed E-state index contributed by atoms with van der Waals surface area (Å²) in [7, 11) is -1.76. The smallest absolute Gasteiger partial charge is 0.240 e. The molecule has 30 heavy (non-hydrogen) atoms. The highest BCUT2D eigenvalue weighted by atomic mass is 32.2. The van der Waals surface area contributed by atoms with Crippen LogP contribution in [-0.2, 0) is 15.1 Å². The van der Waals surface area contributed by atoms with Crippen molar-refractivity contribution in [3.8, 4) is 11.5 Å². The molecule has 3 rings (SSSR count). The summed E-state index contributed by atoms with van der Waals surface area (Å²) in [4.78, 5) is 14.9. The number of amides is 1. The van der Waals surface area contributed by atoms with E-state index >= 15 is 0 Å². The summed E-state index contributed by atoms with van der Waals surface area (Å²) in [6, 6.07) is 14.7. The van der Waals surface area contributed by atoms with Crippen LogP contribution in [0.3, 0.4) is 0 Å². The molecule has 1 N–H and O–H groups in total. The molecule has 1 saturated heterocycles. The zero-order valence-electron chi connectivity index (χ0n) is 16.9. The van der Waals surface area contributed by atoms with Crippen LogP contribution in [0.4, 0.5) is 5.69 Å². The lowest BCUT2D eigenvalue weighted by Gasteiger charge is -2.37. The Morgan fingerprint density at radius 3 is 2.43 bits per heavy atom. The van der Waals surface area contributed by atoms with Gasteiger partial charge in [0.15, 0.2) is 10.3 Å². The number of carbonyl (C=O) groups excluding carboxylic acids is 1. The molecular weight excluding hydrogens is 408 g/mol. The number of benzene rings is 2. The molecule has 8 nitrogen and oxygen atoms in total. The van der Waals surface area contributed by atoms with E-state index in [0.29, 0.717) is 37.2 Å². The van der Waals surface area contributed by atoms with E-state index in [1.165, 1.54) is 7.11 Å². The van der Waals surface area contributed by atoms with Crippen LogP contribution in [-0.4, -0.2) is 46.2 Å². The predicted molar refractivity (Wildman–Crippen MR) is 112 cm³/mol. The van der Waals surface area contributed by atoms with Gasteiger partial charge in [-0.05, 0) is 48.6 Å². The maximum absolute atomic E-state index is 12.7. The molecule has 0 spiro atoms. The Labute approximate surface area is 176 Å². The maximum Gasteiger partial charge on any atom is 0.240 e. The van der Waals surface area contributed by atoms with E-state index in [1.54, 1.807) is 36.1 Å². The van der Waals surface area contributed by atoms with Gasteiger partial charge in [-0.25, -0.2) is 8.42 Å². The van der Waals surface area contributed by atoms with Gasteiger partial charge >= 0.3 is 0 Å². The standard InChI is InChI=1S/C21H26N2O6S/c1-28-17-7-5-6-16(14-17)20(21(24)22-30(25,26)27)15-10-12-23(13-11-15)18-8-3-4-9-19(18)29-2/h3-9,14-15,20H,10-13H2,1-2H3,(H,22,24)(H,25,26,27)/p-1. The van der Waals surface area contributed by atoms with Gasteiger partial charge in [-0.3, -0.25) is 9.52 Å². The zero-order valence-corrected chi connectivity index (χ0v) is 17.7. The van der Waals surface area contributed by atoms with E-state index in [-0.39, 0.29) is 5.92 Å². The van der Waals surface area contributed by atoms with E-state index in [0.717, 1.165) is 11.4 Å². The van der Waals surface area contributed by atoms with Crippen LogP contribution >= 0.6 is 0 Å². The van der Waals surface area contributed by atoms with Crippen molar-refractivity contribution in [2.24, 2.45) is 5.92 Å². The number of methoxy groups -OCH3 is 2. The van der Waals surface area contributed by atoms with Crippen LogP contribution in [0, 0.1) is 5.92 Å². The van der Waals surface area contributed by atoms with Crippen LogP contribution in [0.1, 0.15) is 24.3 Å². The number of carbonyl (C=O) groups is 1. The van der Waals surface area contributed by atoms with Crippen LogP contribution in [0.2, 0.25) is 0 Å². The highest BCUT2D eigenvalue weighted by Gasteiger charge is 2.34. The predicted octanol–water partition coefficient (Wildman–Crippen LogP) is 2.28. The zero-order chi connectivity index (χ0) is 21.7. The number of nitrogens with one attached hydrogen (secondary N) is 1. The Balaban J connectivity index is 1.83. The summed E-state index contributed by atoms with van der Waals surface area (Å²) in [5.74, 6) is -0.389. The van der Waals surface area contributed by atoms with Crippen LogP contribution in [0.15, 0.2) is 48.5 Å². The van der Waals surface area contributed by atoms with Crippen LogP contribution in [0.5, 0.6) is 11.5 Å². The van der Waals surface area contributed by atoms with Gasteiger partial charge in [0.1, 0.15) is 11.5 Å². The molecule has 1 aliphatic rings. The lowest BCUT2D eigenvalue weighted by atomic mass is 9.79. The molecule has 2 aromatic rings. The van der Waals surface area contributed by atoms with E-state index in [9.17, 15) is 17.8 Å². The Kier molecular flexibility index (Phi) is 6.84. The average molecular weight is 434 g/mol. The lowest BCUT2D eigenvalue weighted by molar-refractivity contribution is -0.122. The van der Waals surface area contributed by atoms with Gasteiger partial charge in [0, 0.05) is 13.1 Å². The van der Waals surface area contributed by atoms with Gasteiger partial charge in [-0.1, -0.05) is 24.3 Å². The van der Waals surface area contributed by atoms with Crippen molar-refractivity contribution in [3.05, 3.63) is 54.1 Å². The molecule has 1 aliphatic heterocycles. The molecule has 0 aliphatic carbocycles. The van der Waals surface area contributed by atoms with Gasteiger partial charge in [0.25, 0.3) is 0 Å². The molecule has 0 bridgehead atoms. The van der Waals surface area contributed by atoms with E-state index < -0.39 is 22.1 Å². The number of ether oxygens (including phenoxy) is 2. The molecule has 0 radical (unpaired) electrons. The molecule has 2 aromatic carbocycles. The lowest BCUT2D eigenvalue weighted by Crippen LogP contribution is -2.42. The monoisotopic (exact) mass is 433 g/mol. The van der Waals surface area contributed by atoms with Crippen LogP contribution < -0.4 is 19.1 Å². The first kappa shape index (κ1) is 21.9. The summed E-state index contributed by atoms with van der Waals surface area (Å²) in [5.41, 5.74) is 1.59. The number of para-hydroxylation sites is 2. The molecule has 0 aromatic heterocycles. The first-order valence-corrected chi connectivity index (χ1v) is 11.0. The summed E-state index contributed by atoms with van der Waals surface area (Å²) in [6.45, 7) is 1.34. The highest BCUT2D eigenvalue weighted by Crippen LogP contribution is 2.37. The minimum Gasteiger partial charge on any atom is -0.731 e. The Morgan fingerprint density at radius 1 is 1.10 bits per heavy atom. The van der Waals surface area contributed by atoms with Crippen molar-refractivity contribution in [1.82, 2.24) is 4.72 Å². The van der Waals surface area contributed by atoms with Crippen molar-refractivity contribution >= 4 is 21.9 Å². The van der Waals surface area contributed by atoms with Gasteiger partial charge in [-0.15, -0.1) is 0 Å². The van der Waals surface area contributed by atoms with Crippen molar-refractivity contribution in [2.75, 3.05) is 32.2 Å². The largest absolute Gasteiger partial charge is 0.731 e. The first-order chi connectivity index (χ1) is 14.3. The molecular formula is C21H25N2O6S-. The minimum atomic E-state index is -4.90. The maximum atomic E-state index is 12.7. The molecule has 162 valence electrons. The molecule has 0 saturated carbocycles. The number of rotatable bonds is 7. The number of nitrogens with zero attached hydrogens (tertiary/aromatic N) is 1. The quantitative estimate of drug-likeness (QED) is 0.668. The molecule has 1 unspecified atom stereocenters. The van der Waals surface area contributed by atoms with Crippen LogP contribution in [0.25, 0.3) is 0 Å². The van der Waals surface area contributed by atoms with E-state index in [2.05, 4.69) is 4.90 Å². The number of anilines is 1. The van der Waals surface area contributed by atoms with Gasteiger partial charge in [0.2, 0.25) is 5.91 Å². The van der Waals surface area contributed by atoms with E-state index in [1.807, 2.05) is 24.3 Å². The number of piperidine rings is 1.